The summed E-state index contributed by atoms with van der Waals surface area (Å²) in [7, 11) is 0. The third-order valence-electron chi connectivity index (χ3n) is 3.07. The van der Waals surface area contributed by atoms with Crippen LogP contribution in [0.25, 0.3) is 0 Å². The van der Waals surface area contributed by atoms with Crippen molar-refractivity contribution in [3.05, 3.63) is 30.1 Å². The normalized spacial score (nSPS) is 19.9. The molecule has 0 saturated carbocycles. The molecule has 1 aromatic rings. The number of pyridine rings is 1. The van der Waals surface area contributed by atoms with Gasteiger partial charge >= 0.3 is 5.97 Å². The third-order valence-corrected chi connectivity index (χ3v) is 3.07. The minimum Gasteiger partial charge on any atom is -0.462 e. The second kappa shape index (κ2) is 6.35. The van der Waals surface area contributed by atoms with Crippen molar-refractivity contribution in [2.75, 3.05) is 19.7 Å². The molecule has 4 heteroatoms. The second-order valence-electron chi connectivity index (χ2n) is 4.37. The molecular weight excluding hydrogens is 216 g/mol. The van der Waals surface area contributed by atoms with Crippen LogP contribution in [0.1, 0.15) is 29.6 Å². The van der Waals surface area contributed by atoms with Gasteiger partial charge in [-0.05, 0) is 50.4 Å². The summed E-state index contributed by atoms with van der Waals surface area (Å²) in [6.07, 6.45) is 6.61. The minimum atomic E-state index is -0.254. The fourth-order valence-electron chi connectivity index (χ4n) is 2.06. The smallest absolute Gasteiger partial charge is 0.338 e. The van der Waals surface area contributed by atoms with Gasteiger partial charge in [-0.1, -0.05) is 0 Å². The Balaban J connectivity index is 1.69. The molecule has 17 heavy (non-hydrogen) atoms. The molecule has 92 valence electrons. The zero-order valence-corrected chi connectivity index (χ0v) is 9.89. The van der Waals surface area contributed by atoms with Crippen LogP contribution in [0.4, 0.5) is 0 Å². The van der Waals surface area contributed by atoms with Crippen LogP contribution in [0, 0.1) is 5.92 Å². The van der Waals surface area contributed by atoms with Crippen LogP contribution in [-0.4, -0.2) is 30.6 Å². The maximum Gasteiger partial charge on any atom is 0.338 e. The van der Waals surface area contributed by atoms with E-state index in [1.807, 2.05) is 0 Å². The Morgan fingerprint density at radius 3 is 3.00 bits per heavy atom. The Labute approximate surface area is 101 Å². The summed E-state index contributed by atoms with van der Waals surface area (Å²) in [5.41, 5.74) is 0.571. The van der Waals surface area contributed by atoms with E-state index in [1.165, 1.54) is 12.8 Å². The van der Waals surface area contributed by atoms with Crippen LogP contribution in [0.3, 0.4) is 0 Å². The first-order valence-electron chi connectivity index (χ1n) is 6.14. The predicted octanol–water partition coefficient (Wildman–Crippen LogP) is 1.63. The van der Waals surface area contributed by atoms with Crippen molar-refractivity contribution in [1.29, 1.82) is 0 Å². The molecule has 1 atom stereocenters. The number of carbonyl (C=O) groups is 1. The van der Waals surface area contributed by atoms with E-state index >= 15 is 0 Å². The number of piperidine rings is 1. The van der Waals surface area contributed by atoms with Gasteiger partial charge in [0.25, 0.3) is 0 Å². The summed E-state index contributed by atoms with van der Waals surface area (Å²) in [4.78, 5) is 15.5. The molecule has 1 fully saturated rings. The van der Waals surface area contributed by atoms with Gasteiger partial charge in [-0.3, -0.25) is 4.98 Å². The van der Waals surface area contributed by atoms with Gasteiger partial charge in [-0.2, -0.15) is 0 Å². The van der Waals surface area contributed by atoms with E-state index in [1.54, 1.807) is 24.5 Å². The molecule has 2 heterocycles. The molecule has 1 aromatic heterocycles. The van der Waals surface area contributed by atoms with Crippen LogP contribution in [0.15, 0.2) is 24.5 Å². The lowest BCUT2D eigenvalue weighted by Gasteiger charge is -2.22. The van der Waals surface area contributed by atoms with E-state index in [0.29, 0.717) is 18.1 Å². The number of hydrogen-bond donors (Lipinski definition) is 1. The lowest BCUT2D eigenvalue weighted by Crippen LogP contribution is -2.30. The summed E-state index contributed by atoms with van der Waals surface area (Å²) in [5, 5.41) is 3.36. The first-order chi connectivity index (χ1) is 8.36. The summed E-state index contributed by atoms with van der Waals surface area (Å²) in [5.74, 6) is 0.394. The van der Waals surface area contributed by atoms with Gasteiger partial charge in [0.05, 0.1) is 12.2 Å². The van der Waals surface area contributed by atoms with Gasteiger partial charge in [0.2, 0.25) is 0 Å². The molecular formula is C13H18N2O2. The number of hydrogen-bond acceptors (Lipinski definition) is 4. The van der Waals surface area contributed by atoms with E-state index in [-0.39, 0.29) is 5.97 Å². The number of carbonyl (C=O) groups excluding carboxylic acids is 1. The number of nitrogens with zero attached hydrogens (tertiary/aromatic N) is 1. The summed E-state index contributed by atoms with van der Waals surface area (Å²) in [6.45, 7) is 2.67. The average molecular weight is 234 g/mol. The van der Waals surface area contributed by atoms with Crippen molar-refractivity contribution in [3.8, 4) is 0 Å². The molecule has 0 amide bonds. The summed E-state index contributed by atoms with van der Waals surface area (Å²) in [6, 6.07) is 3.34. The van der Waals surface area contributed by atoms with E-state index in [9.17, 15) is 4.79 Å². The van der Waals surface area contributed by atoms with Gasteiger partial charge in [0, 0.05) is 12.4 Å². The van der Waals surface area contributed by atoms with Crippen LogP contribution >= 0.6 is 0 Å². The van der Waals surface area contributed by atoms with Crippen molar-refractivity contribution in [3.63, 3.8) is 0 Å². The van der Waals surface area contributed by atoms with Crippen LogP contribution < -0.4 is 5.32 Å². The Morgan fingerprint density at radius 1 is 1.47 bits per heavy atom. The number of esters is 1. The monoisotopic (exact) mass is 234 g/mol. The van der Waals surface area contributed by atoms with Gasteiger partial charge in [0.1, 0.15) is 0 Å². The zero-order chi connectivity index (χ0) is 11.9. The Kier molecular flexibility index (Phi) is 4.50. The number of ether oxygens (including phenoxy) is 1. The molecule has 2 rings (SSSR count). The second-order valence-corrected chi connectivity index (χ2v) is 4.37. The molecule has 0 aliphatic carbocycles. The van der Waals surface area contributed by atoms with Crippen molar-refractivity contribution in [2.24, 2.45) is 5.92 Å². The molecule has 1 aliphatic heterocycles. The van der Waals surface area contributed by atoms with E-state index in [2.05, 4.69) is 10.3 Å². The van der Waals surface area contributed by atoms with Crippen LogP contribution in [0.5, 0.6) is 0 Å². The molecule has 1 unspecified atom stereocenters. The van der Waals surface area contributed by atoms with Gasteiger partial charge in [-0.25, -0.2) is 4.79 Å². The molecule has 0 radical (unpaired) electrons. The molecule has 1 aliphatic rings. The highest BCUT2D eigenvalue weighted by Crippen LogP contribution is 2.14. The zero-order valence-electron chi connectivity index (χ0n) is 9.89. The first-order valence-corrected chi connectivity index (χ1v) is 6.14. The van der Waals surface area contributed by atoms with Crippen LogP contribution in [-0.2, 0) is 4.74 Å². The molecule has 4 nitrogen and oxygen atoms in total. The Hall–Kier alpha value is -1.42. The number of rotatable bonds is 4. The standard InChI is InChI=1S/C13H18N2O2/c16-13(12-3-7-14-8-4-12)17-9-5-11-2-1-6-15-10-11/h3-4,7-8,11,15H,1-2,5-6,9-10H2. The molecule has 0 aromatic carbocycles. The highest BCUT2D eigenvalue weighted by molar-refractivity contribution is 5.89. The fraction of sp³-hybridized carbons (Fsp3) is 0.538. The van der Waals surface area contributed by atoms with Crippen molar-refractivity contribution in [1.82, 2.24) is 10.3 Å². The third kappa shape index (κ3) is 3.82. The van der Waals surface area contributed by atoms with Crippen molar-refractivity contribution in [2.45, 2.75) is 19.3 Å². The summed E-state index contributed by atoms with van der Waals surface area (Å²) >= 11 is 0. The van der Waals surface area contributed by atoms with Gasteiger partial charge < -0.3 is 10.1 Å². The van der Waals surface area contributed by atoms with E-state index < -0.39 is 0 Å². The lowest BCUT2D eigenvalue weighted by atomic mass is 9.97. The molecule has 1 N–H and O–H groups in total. The van der Waals surface area contributed by atoms with Crippen LogP contribution in [0.2, 0.25) is 0 Å². The largest absolute Gasteiger partial charge is 0.462 e. The lowest BCUT2D eigenvalue weighted by molar-refractivity contribution is 0.0477. The van der Waals surface area contributed by atoms with Crippen molar-refractivity contribution < 1.29 is 9.53 Å². The topological polar surface area (TPSA) is 51.2 Å². The highest BCUT2D eigenvalue weighted by atomic mass is 16.5. The quantitative estimate of drug-likeness (QED) is 0.804. The molecule has 0 bridgehead atoms. The SMILES string of the molecule is O=C(OCCC1CCCNC1)c1ccncc1. The van der Waals surface area contributed by atoms with Gasteiger partial charge in [-0.15, -0.1) is 0 Å². The maximum absolute atomic E-state index is 11.6. The van der Waals surface area contributed by atoms with E-state index in [4.69, 9.17) is 4.74 Å². The fourth-order valence-corrected chi connectivity index (χ4v) is 2.06. The Bertz CT molecular complexity index is 348. The Morgan fingerprint density at radius 2 is 2.29 bits per heavy atom. The summed E-state index contributed by atoms with van der Waals surface area (Å²) < 4.78 is 5.24. The molecule has 1 saturated heterocycles. The van der Waals surface area contributed by atoms with Gasteiger partial charge in [0.15, 0.2) is 0 Å². The molecule has 0 spiro atoms. The van der Waals surface area contributed by atoms with Crippen molar-refractivity contribution >= 4 is 5.97 Å². The average Bonchev–Trinajstić information content (AvgIpc) is 2.41. The maximum atomic E-state index is 11.6. The number of aromatic nitrogens is 1. The number of nitrogens with one attached hydrogen (secondary N) is 1. The highest BCUT2D eigenvalue weighted by Gasteiger charge is 2.13. The minimum absolute atomic E-state index is 0.254. The first kappa shape index (κ1) is 12.0. The predicted molar refractivity (Wildman–Crippen MR) is 64.7 cm³/mol. The van der Waals surface area contributed by atoms with E-state index in [0.717, 1.165) is 19.5 Å².